The molecule has 3 rings (SSSR count). The minimum absolute atomic E-state index is 0.721. The van der Waals surface area contributed by atoms with Crippen molar-refractivity contribution < 1.29 is 0 Å². The average Bonchev–Trinajstić information content (AvgIpc) is 3.00. The zero-order valence-corrected chi connectivity index (χ0v) is 12.9. The predicted octanol–water partition coefficient (Wildman–Crippen LogP) is 3.67. The van der Waals surface area contributed by atoms with Crippen LogP contribution in [-0.2, 0) is 6.54 Å². The van der Waals surface area contributed by atoms with Crippen LogP contribution in [0.4, 0.5) is 5.69 Å². The molecule has 1 N–H and O–H groups in total. The number of rotatable bonds is 5. The first-order valence-corrected chi connectivity index (χ1v) is 8.27. The number of nitrogens with one attached hydrogen (secondary N) is 1. The van der Waals surface area contributed by atoms with Gasteiger partial charge in [0.2, 0.25) is 0 Å². The Morgan fingerprint density at radius 1 is 1.10 bits per heavy atom. The Morgan fingerprint density at radius 3 is 2.35 bits per heavy atom. The second kappa shape index (κ2) is 6.17. The van der Waals surface area contributed by atoms with Crippen LogP contribution in [0.15, 0.2) is 24.3 Å². The molecule has 0 amide bonds. The van der Waals surface area contributed by atoms with Crippen molar-refractivity contribution in [2.75, 3.05) is 24.5 Å². The summed E-state index contributed by atoms with van der Waals surface area (Å²) in [6.07, 6.45) is 4.38. The highest BCUT2D eigenvalue weighted by molar-refractivity contribution is 5.49. The van der Waals surface area contributed by atoms with Crippen LogP contribution in [0, 0.1) is 17.8 Å². The van der Waals surface area contributed by atoms with Gasteiger partial charge in [-0.15, -0.1) is 0 Å². The van der Waals surface area contributed by atoms with Crippen LogP contribution < -0.4 is 10.2 Å². The van der Waals surface area contributed by atoms with Gasteiger partial charge in [-0.3, -0.25) is 0 Å². The number of fused-ring (bicyclic) bond motifs is 1. The minimum atomic E-state index is 0.721. The third kappa shape index (κ3) is 3.17. The van der Waals surface area contributed by atoms with Crippen LogP contribution in [-0.4, -0.2) is 19.6 Å². The van der Waals surface area contributed by atoms with Gasteiger partial charge >= 0.3 is 0 Å². The molecule has 1 aromatic carbocycles. The summed E-state index contributed by atoms with van der Waals surface area (Å²) in [6, 6.07) is 9.20. The Hall–Kier alpha value is -1.02. The lowest BCUT2D eigenvalue weighted by Crippen LogP contribution is -2.21. The van der Waals surface area contributed by atoms with Crippen molar-refractivity contribution in [2.24, 2.45) is 17.8 Å². The number of anilines is 1. The number of nitrogens with zero attached hydrogens (tertiary/aromatic N) is 1. The molecule has 0 bridgehead atoms. The van der Waals surface area contributed by atoms with Gasteiger partial charge in [0, 0.05) is 25.3 Å². The van der Waals surface area contributed by atoms with Crippen LogP contribution in [0.1, 0.15) is 38.7 Å². The van der Waals surface area contributed by atoms with Gasteiger partial charge in [-0.25, -0.2) is 0 Å². The molecule has 2 atom stereocenters. The molecule has 2 unspecified atom stereocenters. The maximum atomic E-state index is 3.51. The number of hydrogen-bond acceptors (Lipinski definition) is 2. The van der Waals surface area contributed by atoms with Crippen molar-refractivity contribution in [1.29, 1.82) is 0 Å². The fourth-order valence-electron chi connectivity index (χ4n) is 3.78. The summed E-state index contributed by atoms with van der Waals surface area (Å²) in [5, 5.41) is 3.51. The molecule has 0 aromatic heterocycles. The summed E-state index contributed by atoms with van der Waals surface area (Å²) in [7, 11) is 0. The molecule has 1 aromatic rings. The zero-order chi connectivity index (χ0) is 13.9. The van der Waals surface area contributed by atoms with Gasteiger partial charge in [0.15, 0.2) is 0 Å². The van der Waals surface area contributed by atoms with Crippen molar-refractivity contribution in [3.05, 3.63) is 29.8 Å². The second-order valence-corrected chi connectivity index (χ2v) is 7.05. The quantitative estimate of drug-likeness (QED) is 0.880. The highest BCUT2D eigenvalue weighted by atomic mass is 15.2. The molecule has 1 saturated carbocycles. The van der Waals surface area contributed by atoms with Gasteiger partial charge < -0.3 is 10.2 Å². The largest absolute Gasteiger partial charge is 0.371 e. The molecular weight excluding hydrogens is 244 g/mol. The molecule has 2 heteroatoms. The first-order valence-electron chi connectivity index (χ1n) is 8.27. The molecule has 20 heavy (non-hydrogen) atoms. The molecule has 1 saturated heterocycles. The third-order valence-electron chi connectivity index (χ3n) is 4.91. The standard InChI is InChI=1S/C18H28N2/c1-14(2)10-19-11-15-6-8-18(9-7-15)20-12-16-4-3-5-17(16)13-20/h6-9,14,16-17,19H,3-5,10-13H2,1-2H3. The van der Waals surface area contributed by atoms with E-state index in [1.54, 1.807) is 0 Å². The molecule has 110 valence electrons. The zero-order valence-electron chi connectivity index (χ0n) is 12.9. The van der Waals surface area contributed by atoms with Gasteiger partial charge in [-0.1, -0.05) is 32.4 Å². The van der Waals surface area contributed by atoms with E-state index in [9.17, 15) is 0 Å². The maximum absolute atomic E-state index is 3.51. The van der Waals surface area contributed by atoms with Crippen LogP contribution in [0.3, 0.4) is 0 Å². The Bertz CT molecular complexity index is 412. The van der Waals surface area contributed by atoms with Gasteiger partial charge in [-0.2, -0.15) is 0 Å². The van der Waals surface area contributed by atoms with E-state index in [0.717, 1.165) is 30.8 Å². The number of benzene rings is 1. The fourth-order valence-corrected chi connectivity index (χ4v) is 3.78. The lowest BCUT2D eigenvalue weighted by atomic mass is 10.0. The smallest absolute Gasteiger partial charge is 0.0366 e. The van der Waals surface area contributed by atoms with E-state index in [4.69, 9.17) is 0 Å². The topological polar surface area (TPSA) is 15.3 Å². The monoisotopic (exact) mass is 272 g/mol. The van der Waals surface area contributed by atoms with Crippen LogP contribution >= 0.6 is 0 Å². The Labute approximate surface area is 123 Å². The minimum Gasteiger partial charge on any atom is -0.371 e. The Balaban J connectivity index is 1.54. The number of hydrogen-bond donors (Lipinski definition) is 1. The summed E-state index contributed by atoms with van der Waals surface area (Å²) < 4.78 is 0. The normalized spacial score (nSPS) is 25.4. The lowest BCUT2D eigenvalue weighted by molar-refractivity contribution is 0.494. The first-order chi connectivity index (χ1) is 9.72. The first kappa shape index (κ1) is 13.9. The van der Waals surface area contributed by atoms with Crippen molar-refractivity contribution in [2.45, 2.75) is 39.7 Å². The summed E-state index contributed by atoms with van der Waals surface area (Å²) in [5.74, 6) is 2.67. The Morgan fingerprint density at radius 2 is 1.75 bits per heavy atom. The van der Waals surface area contributed by atoms with E-state index < -0.39 is 0 Å². The summed E-state index contributed by atoms with van der Waals surface area (Å²) >= 11 is 0. The van der Waals surface area contributed by atoms with Gasteiger partial charge in [0.05, 0.1) is 0 Å². The second-order valence-electron chi connectivity index (χ2n) is 7.05. The third-order valence-corrected chi connectivity index (χ3v) is 4.91. The molecule has 1 heterocycles. The summed E-state index contributed by atoms with van der Waals surface area (Å²) in [6.45, 7) is 9.16. The molecule has 2 aliphatic rings. The molecule has 0 spiro atoms. The Kier molecular flexibility index (Phi) is 4.30. The van der Waals surface area contributed by atoms with Crippen LogP contribution in [0.2, 0.25) is 0 Å². The van der Waals surface area contributed by atoms with E-state index in [0.29, 0.717) is 0 Å². The van der Waals surface area contributed by atoms with Crippen LogP contribution in [0.5, 0.6) is 0 Å². The fraction of sp³-hybridized carbons (Fsp3) is 0.667. The molecular formula is C18H28N2. The van der Waals surface area contributed by atoms with E-state index >= 15 is 0 Å². The predicted molar refractivity (Wildman–Crippen MR) is 86.0 cm³/mol. The van der Waals surface area contributed by atoms with Crippen molar-refractivity contribution in [3.8, 4) is 0 Å². The lowest BCUT2D eigenvalue weighted by Gasteiger charge is -2.20. The van der Waals surface area contributed by atoms with E-state index in [-0.39, 0.29) is 0 Å². The van der Waals surface area contributed by atoms with Crippen molar-refractivity contribution in [3.63, 3.8) is 0 Å². The molecule has 2 nitrogen and oxygen atoms in total. The van der Waals surface area contributed by atoms with Gasteiger partial charge in [0.25, 0.3) is 0 Å². The SMILES string of the molecule is CC(C)CNCc1ccc(N2CC3CCCC3C2)cc1. The maximum Gasteiger partial charge on any atom is 0.0366 e. The average molecular weight is 272 g/mol. The van der Waals surface area contributed by atoms with Crippen LogP contribution in [0.25, 0.3) is 0 Å². The molecule has 0 radical (unpaired) electrons. The molecule has 2 fully saturated rings. The summed E-state index contributed by atoms with van der Waals surface area (Å²) in [5.41, 5.74) is 2.82. The van der Waals surface area contributed by atoms with E-state index in [1.165, 1.54) is 43.6 Å². The molecule has 1 aliphatic carbocycles. The van der Waals surface area contributed by atoms with E-state index in [1.807, 2.05) is 0 Å². The molecule has 1 aliphatic heterocycles. The van der Waals surface area contributed by atoms with E-state index in [2.05, 4.69) is 48.3 Å². The van der Waals surface area contributed by atoms with Gasteiger partial charge in [-0.05, 0) is 54.8 Å². The van der Waals surface area contributed by atoms with Gasteiger partial charge in [0.1, 0.15) is 0 Å². The summed E-state index contributed by atoms with van der Waals surface area (Å²) in [4.78, 5) is 2.60. The highest BCUT2D eigenvalue weighted by Gasteiger charge is 2.35. The highest BCUT2D eigenvalue weighted by Crippen LogP contribution is 2.39. The van der Waals surface area contributed by atoms with Crippen molar-refractivity contribution >= 4 is 5.69 Å². The van der Waals surface area contributed by atoms with Crippen molar-refractivity contribution in [1.82, 2.24) is 5.32 Å².